The highest BCUT2D eigenvalue weighted by atomic mass is 32.1. The topological polar surface area (TPSA) is 60.9 Å². The van der Waals surface area contributed by atoms with Crippen LogP contribution >= 0.6 is 11.3 Å². The minimum Gasteiger partial charge on any atom is -0.480 e. The van der Waals surface area contributed by atoms with Crippen LogP contribution in [0.5, 0.6) is 0 Å². The number of hydrogen-bond donors (Lipinski definition) is 1. The van der Waals surface area contributed by atoms with E-state index in [0.29, 0.717) is 19.6 Å². The summed E-state index contributed by atoms with van der Waals surface area (Å²) in [4.78, 5) is 27.8. The van der Waals surface area contributed by atoms with Gasteiger partial charge in [-0.1, -0.05) is 6.92 Å². The molecule has 0 aliphatic carbocycles. The zero-order valence-corrected chi connectivity index (χ0v) is 12.5. The van der Waals surface area contributed by atoms with Gasteiger partial charge in [-0.25, -0.2) is 0 Å². The highest BCUT2D eigenvalue weighted by Gasteiger charge is 2.23. The van der Waals surface area contributed by atoms with E-state index >= 15 is 0 Å². The molecule has 2 heterocycles. The van der Waals surface area contributed by atoms with E-state index in [1.165, 1.54) is 11.3 Å². The standard InChI is InChI=1S/C14H20N2O3S/c1-2-11-4-9-20-13(11)14(19)16-6-3-5-15(7-8-16)10-12(17)18/h4,9H,2-3,5-8,10H2,1H3,(H,17,18). The van der Waals surface area contributed by atoms with Crippen LogP contribution in [0.3, 0.4) is 0 Å². The van der Waals surface area contributed by atoms with Crippen molar-refractivity contribution in [2.45, 2.75) is 19.8 Å². The molecular weight excluding hydrogens is 276 g/mol. The first-order valence-electron chi connectivity index (χ1n) is 6.91. The molecule has 0 radical (unpaired) electrons. The molecule has 0 aromatic carbocycles. The monoisotopic (exact) mass is 296 g/mol. The molecule has 20 heavy (non-hydrogen) atoms. The fourth-order valence-corrected chi connectivity index (χ4v) is 3.43. The van der Waals surface area contributed by atoms with Gasteiger partial charge in [0.05, 0.1) is 11.4 Å². The number of carboxylic acid groups (broad SMARTS) is 1. The molecule has 0 saturated carbocycles. The number of aryl methyl sites for hydroxylation is 1. The fraction of sp³-hybridized carbons (Fsp3) is 0.571. The zero-order chi connectivity index (χ0) is 14.5. The number of rotatable bonds is 4. The normalized spacial score (nSPS) is 16.9. The largest absolute Gasteiger partial charge is 0.480 e. The number of carbonyl (C=O) groups excluding carboxylic acids is 1. The summed E-state index contributed by atoms with van der Waals surface area (Å²) in [6.45, 7) is 4.78. The summed E-state index contributed by atoms with van der Waals surface area (Å²) in [5.74, 6) is -0.717. The molecule has 110 valence electrons. The van der Waals surface area contributed by atoms with Crippen molar-refractivity contribution >= 4 is 23.2 Å². The van der Waals surface area contributed by atoms with Crippen LogP contribution in [0.4, 0.5) is 0 Å². The second kappa shape index (κ2) is 6.85. The average Bonchev–Trinajstić information content (AvgIpc) is 2.77. The number of aliphatic carboxylic acids is 1. The Labute approximate surface area is 122 Å². The summed E-state index contributed by atoms with van der Waals surface area (Å²) >= 11 is 1.50. The van der Waals surface area contributed by atoms with Crippen LogP contribution in [0.1, 0.15) is 28.6 Å². The summed E-state index contributed by atoms with van der Waals surface area (Å²) in [7, 11) is 0. The Kier molecular flexibility index (Phi) is 5.14. The minimum atomic E-state index is -0.809. The van der Waals surface area contributed by atoms with Crippen LogP contribution < -0.4 is 0 Å². The Morgan fingerprint density at radius 3 is 2.80 bits per heavy atom. The molecule has 1 saturated heterocycles. The first-order valence-corrected chi connectivity index (χ1v) is 7.79. The number of carboxylic acids is 1. The van der Waals surface area contributed by atoms with Gasteiger partial charge in [0.2, 0.25) is 0 Å². The molecule has 2 rings (SSSR count). The predicted octanol–water partition coefficient (Wildman–Crippen LogP) is 1.54. The lowest BCUT2D eigenvalue weighted by molar-refractivity contribution is -0.138. The lowest BCUT2D eigenvalue weighted by Crippen LogP contribution is -2.36. The van der Waals surface area contributed by atoms with Crippen LogP contribution in [-0.2, 0) is 11.2 Å². The Hall–Kier alpha value is -1.40. The third-order valence-corrected chi connectivity index (χ3v) is 4.50. The van der Waals surface area contributed by atoms with Gasteiger partial charge in [-0.15, -0.1) is 11.3 Å². The maximum absolute atomic E-state index is 12.5. The Balaban J connectivity index is 2.00. The van der Waals surface area contributed by atoms with Crippen LogP contribution in [-0.4, -0.2) is 59.5 Å². The Bertz CT molecular complexity index is 487. The fourth-order valence-electron chi connectivity index (χ4n) is 2.47. The molecule has 0 bridgehead atoms. The van der Waals surface area contributed by atoms with Crippen molar-refractivity contribution in [3.63, 3.8) is 0 Å². The van der Waals surface area contributed by atoms with Gasteiger partial charge in [-0.3, -0.25) is 14.5 Å². The molecule has 1 aromatic heterocycles. The van der Waals surface area contributed by atoms with E-state index in [2.05, 4.69) is 6.92 Å². The van der Waals surface area contributed by atoms with Gasteiger partial charge in [0.25, 0.3) is 5.91 Å². The van der Waals surface area contributed by atoms with Gasteiger partial charge < -0.3 is 10.0 Å². The van der Waals surface area contributed by atoms with E-state index in [-0.39, 0.29) is 12.5 Å². The summed E-state index contributed by atoms with van der Waals surface area (Å²) in [5, 5.41) is 10.8. The summed E-state index contributed by atoms with van der Waals surface area (Å²) in [6.07, 6.45) is 1.69. The summed E-state index contributed by atoms with van der Waals surface area (Å²) < 4.78 is 0. The summed E-state index contributed by atoms with van der Waals surface area (Å²) in [5.41, 5.74) is 1.10. The van der Waals surface area contributed by atoms with Gasteiger partial charge in [-0.2, -0.15) is 0 Å². The molecular formula is C14H20N2O3S. The first-order chi connectivity index (χ1) is 9.61. The van der Waals surface area contributed by atoms with Crippen molar-refractivity contribution in [3.05, 3.63) is 21.9 Å². The highest BCUT2D eigenvalue weighted by molar-refractivity contribution is 7.12. The molecule has 1 amide bonds. The van der Waals surface area contributed by atoms with Gasteiger partial charge in [-0.05, 0) is 29.9 Å². The molecule has 1 N–H and O–H groups in total. The maximum atomic E-state index is 12.5. The molecule has 5 nitrogen and oxygen atoms in total. The van der Waals surface area contributed by atoms with Crippen molar-refractivity contribution in [2.24, 2.45) is 0 Å². The van der Waals surface area contributed by atoms with E-state index < -0.39 is 5.97 Å². The quantitative estimate of drug-likeness (QED) is 0.915. The molecule has 6 heteroatoms. The second-order valence-electron chi connectivity index (χ2n) is 4.94. The van der Waals surface area contributed by atoms with Crippen molar-refractivity contribution in [1.29, 1.82) is 0 Å². The van der Waals surface area contributed by atoms with Crippen molar-refractivity contribution in [1.82, 2.24) is 9.80 Å². The number of amides is 1. The first kappa shape index (κ1) is 15.0. The molecule has 1 fully saturated rings. The van der Waals surface area contributed by atoms with Crippen molar-refractivity contribution in [2.75, 3.05) is 32.7 Å². The van der Waals surface area contributed by atoms with Crippen molar-refractivity contribution < 1.29 is 14.7 Å². The lowest BCUT2D eigenvalue weighted by Gasteiger charge is -2.21. The second-order valence-corrected chi connectivity index (χ2v) is 5.86. The zero-order valence-electron chi connectivity index (χ0n) is 11.7. The average molecular weight is 296 g/mol. The van der Waals surface area contributed by atoms with Crippen LogP contribution in [0, 0.1) is 0 Å². The van der Waals surface area contributed by atoms with Gasteiger partial charge >= 0.3 is 5.97 Å². The molecule has 0 atom stereocenters. The number of thiophene rings is 1. The van der Waals surface area contributed by atoms with Gasteiger partial charge in [0.1, 0.15) is 0 Å². The number of nitrogens with zero attached hydrogens (tertiary/aromatic N) is 2. The van der Waals surface area contributed by atoms with Crippen LogP contribution in [0.15, 0.2) is 11.4 Å². The summed E-state index contributed by atoms with van der Waals surface area (Å²) in [6, 6.07) is 2.01. The van der Waals surface area contributed by atoms with E-state index in [9.17, 15) is 9.59 Å². The smallest absolute Gasteiger partial charge is 0.317 e. The van der Waals surface area contributed by atoms with Crippen LogP contribution in [0.2, 0.25) is 0 Å². The molecule has 1 aliphatic rings. The molecule has 1 aromatic rings. The lowest BCUT2D eigenvalue weighted by atomic mass is 10.2. The van der Waals surface area contributed by atoms with Crippen LogP contribution in [0.25, 0.3) is 0 Å². The van der Waals surface area contributed by atoms with Gasteiger partial charge in [0, 0.05) is 26.2 Å². The number of carbonyl (C=O) groups is 2. The van der Waals surface area contributed by atoms with E-state index in [0.717, 1.165) is 29.8 Å². The Morgan fingerprint density at radius 1 is 1.30 bits per heavy atom. The van der Waals surface area contributed by atoms with E-state index in [1.807, 2.05) is 21.2 Å². The molecule has 0 unspecified atom stereocenters. The van der Waals surface area contributed by atoms with E-state index in [4.69, 9.17) is 5.11 Å². The van der Waals surface area contributed by atoms with E-state index in [1.54, 1.807) is 0 Å². The Morgan fingerprint density at radius 2 is 2.10 bits per heavy atom. The SMILES string of the molecule is CCc1ccsc1C(=O)N1CCCN(CC(=O)O)CC1. The third-order valence-electron chi connectivity index (χ3n) is 3.56. The number of hydrogen-bond acceptors (Lipinski definition) is 4. The van der Waals surface area contributed by atoms with Crippen molar-refractivity contribution in [3.8, 4) is 0 Å². The maximum Gasteiger partial charge on any atom is 0.317 e. The minimum absolute atomic E-state index is 0.0568. The molecule has 0 spiro atoms. The highest BCUT2D eigenvalue weighted by Crippen LogP contribution is 2.20. The predicted molar refractivity (Wildman–Crippen MR) is 78.3 cm³/mol. The third kappa shape index (κ3) is 3.58. The van der Waals surface area contributed by atoms with Gasteiger partial charge in [0.15, 0.2) is 0 Å². The molecule has 1 aliphatic heterocycles.